The molecule has 2 nitrogen and oxygen atoms in total. The van der Waals surface area contributed by atoms with E-state index in [0.717, 1.165) is 30.5 Å². The number of rotatable bonds is 6. The van der Waals surface area contributed by atoms with E-state index in [1.165, 1.54) is 0 Å². The molecule has 2 heteroatoms. The van der Waals surface area contributed by atoms with Gasteiger partial charge in [-0.25, -0.2) is 0 Å². The number of hydrogen-bond acceptors (Lipinski definition) is 2. The monoisotopic (exact) mass is 204 g/mol. The molecule has 0 aromatic heterocycles. The highest BCUT2D eigenvalue weighted by Gasteiger charge is 2.03. The Morgan fingerprint density at radius 1 is 1.27 bits per heavy atom. The molecule has 1 aromatic rings. The minimum atomic E-state index is 0.202. The average molecular weight is 204 g/mol. The van der Waals surface area contributed by atoms with Crippen LogP contribution < -0.4 is 5.73 Å². The summed E-state index contributed by atoms with van der Waals surface area (Å²) in [4.78, 5) is 11.5. The molecule has 0 spiro atoms. The topological polar surface area (TPSA) is 43.1 Å². The lowest BCUT2D eigenvalue weighted by Crippen LogP contribution is -1.99. The van der Waals surface area contributed by atoms with Gasteiger partial charge in [-0.05, 0) is 24.1 Å². The number of carbonyl (C=O) groups is 1. The number of ketones is 1. The maximum absolute atomic E-state index is 11.5. The van der Waals surface area contributed by atoms with Gasteiger partial charge in [0.2, 0.25) is 0 Å². The van der Waals surface area contributed by atoms with Crippen molar-refractivity contribution in [1.29, 1.82) is 0 Å². The van der Waals surface area contributed by atoms with E-state index in [9.17, 15) is 4.79 Å². The Morgan fingerprint density at radius 2 is 1.93 bits per heavy atom. The number of unbranched alkanes of at least 4 members (excludes halogenated alkanes) is 2. The highest BCUT2D eigenvalue weighted by molar-refractivity contribution is 5.90. The first kappa shape index (κ1) is 11.8. The molecule has 0 saturated carbocycles. The fraction of sp³-hybridized carbons (Fsp3) is 0.385. The van der Waals surface area contributed by atoms with Gasteiger partial charge in [-0.3, -0.25) is 4.79 Å². The van der Waals surface area contributed by atoms with Crippen molar-refractivity contribution >= 4 is 11.5 Å². The zero-order valence-electron chi connectivity index (χ0n) is 9.20. The molecule has 0 fully saturated rings. The van der Waals surface area contributed by atoms with Gasteiger partial charge >= 0.3 is 0 Å². The van der Waals surface area contributed by atoms with Crippen LogP contribution in [0.4, 0.5) is 5.69 Å². The molecular weight excluding hydrogens is 186 g/mol. The molecule has 0 bridgehead atoms. The van der Waals surface area contributed by atoms with Crippen LogP contribution in [0.1, 0.15) is 38.2 Å². The van der Waals surface area contributed by atoms with Crippen LogP contribution in [0, 0.1) is 6.42 Å². The van der Waals surface area contributed by atoms with Crippen molar-refractivity contribution in [1.82, 2.24) is 0 Å². The van der Waals surface area contributed by atoms with Crippen LogP contribution in [0.5, 0.6) is 0 Å². The fourth-order valence-corrected chi connectivity index (χ4v) is 1.40. The third kappa shape index (κ3) is 4.63. The van der Waals surface area contributed by atoms with Crippen molar-refractivity contribution in [3.05, 3.63) is 36.2 Å². The maximum atomic E-state index is 11.5. The summed E-state index contributed by atoms with van der Waals surface area (Å²) < 4.78 is 0. The predicted octanol–water partition coefficient (Wildman–Crippen LogP) is 2.97. The van der Waals surface area contributed by atoms with Gasteiger partial charge in [-0.1, -0.05) is 31.9 Å². The lowest BCUT2D eigenvalue weighted by Gasteiger charge is -2.01. The van der Waals surface area contributed by atoms with Gasteiger partial charge in [0, 0.05) is 12.1 Å². The van der Waals surface area contributed by atoms with E-state index in [1.807, 2.05) is 24.3 Å². The Kier molecular flexibility index (Phi) is 4.88. The Hall–Kier alpha value is -1.31. The smallest absolute Gasteiger partial charge is 0.141 e. The quantitative estimate of drug-likeness (QED) is 0.572. The summed E-state index contributed by atoms with van der Waals surface area (Å²) in [7, 11) is 0. The van der Waals surface area contributed by atoms with Crippen molar-refractivity contribution in [3.63, 3.8) is 0 Å². The van der Waals surface area contributed by atoms with Crippen LogP contribution in [0.15, 0.2) is 24.3 Å². The number of carbonyl (C=O) groups excluding carboxylic acids is 1. The molecule has 15 heavy (non-hydrogen) atoms. The first-order chi connectivity index (χ1) is 7.22. The first-order valence-electron chi connectivity index (χ1n) is 5.45. The molecule has 0 amide bonds. The summed E-state index contributed by atoms with van der Waals surface area (Å²) in [6, 6.07) is 7.36. The van der Waals surface area contributed by atoms with E-state index in [0.29, 0.717) is 6.42 Å². The SMILES string of the molecule is CCCCCC(=O)[CH]c1ccc(N)cc1. The Balaban J connectivity index is 2.34. The Bertz CT molecular complexity index is 303. The summed E-state index contributed by atoms with van der Waals surface area (Å²) in [6.07, 6.45) is 5.60. The van der Waals surface area contributed by atoms with E-state index in [2.05, 4.69) is 6.92 Å². The number of Topliss-reactive ketones (excluding diaryl/α,β-unsaturated/α-hetero) is 1. The zero-order valence-corrected chi connectivity index (χ0v) is 9.20. The van der Waals surface area contributed by atoms with Crippen LogP contribution in [-0.4, -0.2) is 5.78 Å². The van der Waals surface area contributed by atoms with Crippen LogP contribution in [0.3, 0.4) is 0 Å². The predicted molar refractivity (Wildman–Crippen MR) is 63.4 cm³/mol. The number of nitrogen functional groups attached to an aromatic ring is 1. The summed E-state index contributed by atoms with van der Waals surface area (Å²) >= 11 is 0. The number of anilines is 1. The lowest BCUT2D eigenvalue weighted by molar-refractivity contribution is -0.115. The standard InChI is InChI=1S/C13H18NO/c1-2-3-4-5-13(15)10-11-6-8-12(14)9-7-11/h6-10H,2-5,14H2,1H3. The van der Waals surface area contributed by atoms with Crippen molar-refractivity contribution < 1.29 is 4.79 Å². The van der Waals surface area contributed by atoms with Crippen LogP contribution in [0.25, 0.3) is 0 Å². The fourth-order valence-electron chi connectivity index (χ4n) is 1.40. The molecule has 0 saturated heterocycles. The van der Waals surface area contributed by atoms with Crippen molar-refractivity contribution in [2.24, 2.45) is 0 Å². The minimum absolute atomic E-state index is 0.202. The largest absolute Gasteiger partial charge is 0.399 e. The van der Waals surface area contributed by atoms with E-state index in [4.69, 9.17) is 5.73 Å². The Morgan fingerprint density at radius 3 is 2.53 bits per heavy atom. The van der Waals surface area contributed by atoms with Gasteiger partial charge < -0.3 is 5.73 Å². The number of benzene rings is 1. The van der Waals surface area contributed by atoms with E-state index >= 15 is 0 Å². The average Bonchev–Trinajstić information content (AvgIpc) is 2.22. The van der Waals surface area contributed by atoms with Crippen molar-refractivity contribution in [3.8, 4) is 0 Å². The molecule has 0 aliphatic heterocycles. The highest BCUT2D eigenvalue weighted by atomic mass is 16.1. The number of hydrogen-bond donors (Lipinski definition) is 1. The van der Waals surface area contributed by atoms with Crippen molar-refractivity contribution in [2.75, 3.05) is 5.73 Å². The van der Waals surface area contributed by atoms with Gasteiger partial charge in [0.1, 0.15) is 5.78 Å². The molecule has 0 aliphatic carbocycles. The van der Waals surface area contributed by atoms with Gasteiger partial charge in [0.05, 0.1) is 6.42 Å². The second-order valence-electron chi connectivity index (χ2n) is 3.73. The molecule has 1 radical (unpaired) electrons. The summed E-state index contributed by atoms with van der Waals surface area (Å²) in [5.41, 5.74) is 7.22. The van der Waals surface area contributed by atoms with Gasteiger partial charge in [-0.2, -0.15) is 0 Å². The third-order valence-corrected chi connectivity index (χ3v) is 2.29. The van der Waals surface area contributed by atoms with Crippen LogP contribution in [0.2, 0.25) is 0 Å². The second-order valence-corrected chi connectivity index (χ2v) is 3.73. The molecule has 0 unspecified atom stereocenters. The number of nitrogens with two attached hydrogens (primary N) is 1. The molecular formula is C13H18NO. The zero-order chi connectivity index (χ0) is 11.1. The maximum Gasteiger partial charge on any atom is 0.141 e. The van der Waals surface area contributed by atoms with E-state index in [1.54, 1.807) is 6.42 Å². The van der Waals surface area contributed by atoms with Gasteiger partial charge in [0.15, 0.2) is 0 Å². The molecule has 2 N–H and O–H groups in total. The minimum Gasteiger partial charge on any atom is -0.399 e. The van der Waals surface area contributed by atoms with Crippen molar-refractivity contribution in [2.45, 2.75) is 32.6 Å². The molecule has 0 aliphatic rings. The molecule has 0 atom stereocenters. The molecule has 1 rings (SSSR count). The summed E-state index contributed by atoms with van der Waals surface area (Å²) in [5.74, 6) is 0.202. The summed E-state index contributed by atoms with van der Waals surface area (Å²) in [6.45, 7) is 2.13. The van der Waals surface area contributed by atoms with E-state index in [-0.39, 0.29) is 5.78 Å². The molecule has 81 valence electrons. The van der Waals surface area contributed by atoms with Gasteiger partial charge in [0.25, 0.3) is 0 Å². The van der Waals surface area contributed by atoms with E-state index < -0.39 is 0 Å². The van der Waals surface area contributed by atoms with Crippen LogP contribution >= 0.6 is 0 Å². The Labute approximate surface area is 91.5 Å². The normalized spacial score (nSPS) is 10.2. The van der Waals surface area contributed by atoms with Gasteiger partial charge in [-0.15, -0.1) is 0 Å². The van der Waals surface area contributed by atoms with Crippen LogP contribution in [-0.2, 0) is 4.79 Å². The summed E-state index contributed by atoms with van der Waals surface area (Å²) in [5, 5.41) is 0. The third-order valence-electron chi connectivity index (χ3n) is 2.29. The molecule has 1 aromatic carbocycles. The molecule has 0 heterocycles. The first-order valence-corrected chi connectivity index (χ1v) is 5.45. The highest BCUT2D eigenvalue weighted by Crippen LogP contribution is 2.10. The lowest BCUT2D eigenvalue weighted by atomic mass is 10.0. The second kappa shape index (κ2) is 6.23.